The second-order valence-electron chi connectivity index (χ2n) is 2.76. The minimum Gasteiger partial charge on any atom is -0.450 e. The second kappa shape index (κ2) is 4.21. The Hall–Kier alpha value is -0.730. The van der Waals surface area contributed by atoms with Crippen LogP contribution in [-0.2, 0) is 4.74 Å². The van der Waals surface area contributed by atoms with Gasteiger partial charge in [0.05, 0.1) is 6.61 Å². The van der Waals surface area contributed by atoms with Gasteiger partial charge in [-0.2, -0.15) is 0 Å². The first-order chi connectivity index (χ1) is 5.33. The third-order valence-corrected chi connectivity index (χ3v) is 1.80. The van der Waals surface area contributed by atoms with Gasteiger partial charge in [-0.15, -0.1) is 0 Å². The third-order valence-electron chi connectivity index (χ3n) is 1.80. The number of hydrogen-bond donors (Lipinski definition) is 1. The van der Waals surface area contributed by atoms with Crippen molar-refractivity contribution in [3.05, 3.63) is 6.92 Å². The Morgan fingerprint density at radius 1 is 1.64 bits per heavy atom. The molecule has 3 heteroatoms. The quantitative estimate of drug-likeness (QED) is 0.672. The van der Waals surface area contributed by atoms with Gasteiger partial charge in [-0.3, -0.25) is 0 Å². The first-order valence-electron chi connectivity index (χ1n) is 4.05. The standard InChI is InChI=1S/C8H14NO2/c1-2-6-11-8(10)9-7-4-3-5-7/h7H,1-6H2,(H,9,10). The maximum Gasteiger partial charge on any atom is 0.407 e. The molecule has 0 spiro atoms. The SMILES string of the molecule is [CH2]CCOC(=O)NC1CCC1. The van der Waals surface area contributed by atoms with Crippen molar-refractivity contribution in [1.82, 2.24) is 5.32 Å². The Kier molecular flexibility index (Phi) is 3.20. The van der Waals surface area contributed by atoms with Gasteiger partial charge in [0.1, 0.15) is 0 Å². The maximum absolute atomic E-state index is 10.8. The van der Waals surface area contributed by atoms with Crippen LogP contribution in [0.3, 0.4) is 0 Å². The molecule has 0 aromatic carbocycles. The molecule has 1 rings (SSSR count). The number of amides is 1. The Balaban J connectivity index is 2.00. The van der Waals surface area contributed by atoms with E-state index in [0.717, 1.165) is 12.8 Å². The molecular weight excluding hydrogens is 142 g/mol. The Morgan fingerprint density at radius 3 is 2.82 bits per heavy atom. The monoisotopic (exact) mass is 156 g/mol. The predicted molar refractivity (Wildman–Crippen MR) is 42.1 cm³/mol. The average Bonchev–Trinajstić information content (AvgIpc) is 1.93. The second-order valence-corrected chi connectivity index (χ2v) is 2.76. The minimum atomic E-state index is -0.293. The number of alkyl carbamates (subject to hydrolysis) is 1. The van der Waals surface area contributed by atoms with Crippen molar-refractivity contribution in [2.75, 3.05) is 6.61 Å². The lowest BCUT2D eigenvalue weighted by Gasteiger charge is -2.25. The molecule has 0 aromatic rings. The van der Waals surface area contributed by atoms with Crippen molar-refractivity contribution >= 4 is 6.09 Å². The third kappa shape index (κ3) is 2.78. The topological polar surface area (TPSA) is 38.3 Å². The molecule has 0 heterocycles. The van der Waals surface area contributed by atoms with Crippen LogP contribution in [0.5, 0.6) is 0 Å². The lowest BCUT2D eigenvalue weighted by molar-refractivity contribution is 0.138. The highest BCUT2D eigenvalue weighted by Gasteiger charge is 2.19. The van der Waals surface area contributed by atoms with Gasteiger partial charge >= 0.3 is 6.09 Å². The molecule has 0 atom stereocenters. The van der Waals surface area contributed by atoms with E-state index in [0.29, 0.717) is 19.1 Å². The summed E-state index contributed by atoms with van der Waals surface area (Å²) in [6, 6.07) is 0.368. The molecule has 63 valence electrons. The van der Waals surface area contributed by atoms with Crippen LogP contribution in [-0.4, -0.2) is 18.7 Å². The molecule has 1 radical (unpaired) electrons. The van der Waals surface area contributed by atoms with E-state index >= 15 is 0 Å². The summed E-state index contributed by atoms with van der Waals surface area (Å²) in [7, 11) is 0. The maximum atomic E-state index is 10.8. The summed E-state index contributed by atoms with van der Waals surface area (Å²) in [6.45, 7) is 3.98. The highest BCUT2D eigenvalue weighted by atomic mass is 16.5. The molecule has 0 aromatic heterocycles. The number of carbonyl (C=O) groups is 1. The lowest BCUT2D eigenvalue weighted by atomic mass is 9.93. The van der Waals surface area contributed by atoms with E-state index in [4.69, 9.17) is 4.74 Å². The van der Waals surface area contributed by atoms with Crippen LogP contribution in [0.25, 0.3) is 0 Å². The summed E-state index contributed by atoms with van der Waals surface area (Å²) < 4.78 is 4.78. The minimum absolute atomic E-state index is 0.293. The van der Waals surface area contributed by atoms with Crippen molar-refractivity contribution < 1.29 is 9.53 Å². The molecule has 1 fully saturated rings. The predicted octanol–water partition coefficient (Wildman–Crippen LogP) is 1.49. The van der Waals surface area contributed by atoms with Crippen LogP contribution in [0.2, 0.25) is 0 Å². The van der Waals surface area contributed by atoms with E-state index in [-0.39, 0.29) is 6.09 Å². The van der Waals surface area contributed by atoms with Gasteiger partial charge < -0.3 is 10.1 Å². The van der Waals surface area contributed by atoms with E-state index in [9.17, 15) is 4.79 Å². The highest BCUT2D eigenvalue weighted by molar-refractivity contribution is 5.67. The fraction of sp³-hybridized carbons (Fsp3) is 0.750. The molecule has 1 amide bonds. The van der Waals surface area contributed by atoms with Crippen molar-refractivity contribution in [2.45, 2.75) is 31.7 Å². The zero-order chi connectivity index (χ0) is 8.10. The van der Waals surface area contributed by atoms with Gasteiger partial charge in [-0.05, 0) is 32.6 Å². The van der Waals surface area contributed by atoms with E-state index in [1.54, 1.807) is 0 Å². The van der Waals surface area contributed by atoms with Gasteiger partial charge in [-0.25, -0.2) is 4.79 Å². The largest absolute Gasteiger partial charge is 0.450 e. The first kappa shape index (κ1) is 8.37. The molecule has 1 N–H and O–H groups in total. The van der Waals surface area contributed by atoms with Gasteiger partial charge in [0.2, 0.25) is 0 Å². The van der Waals surface area contributed by atoms with Crippen LogP contribution in [0, 0.1) is 6.92 Å². The van der Waals surface area contributed by atoms with Crippen LogP contribution < -0.4 is 5.32 Å². The molecule has 0 bridgehead atoms. The van der Waals surface area contributed by atoms with Crippen molar-refractivity contribution in [2.24, 2.45) is 0 Å². The van der Waals surface area contributed by atoms with E-state index < -0.39 is 0 Å². The average molecular weight is 156 g/mol. The van der Waals surface area contributed by atoms with Crippen molar-refractivity contribution in [3.8, 4) is 0 Å². The Bertz CT molecular complexity index is 132. The molecule has 11 heavy (non-hydrogen) atoms. The molecule has 1 aliphatic rings. The summed E-state index contributed by atoms with van der Waals surface area (Å²) in [6.07, 6.45) is 3.76. The van der Waals surface area contributed by atoms with Crippen LogP contribution in [0.1, 0.15) is 25.7 Å². The van der Waals surface area contributed by atoms with Gasteiger partial charge in [-0.1, -0.05) is 0 Å². The molecule has 0 unspecified atom stereocenters. The van der Waals surface area contributed by atoms with E-state index in [1.165, 1.54) is 6.42 Å². The zero-order valence-corrected chi connectivity index (χ0v) is 6.64. The van der Waals surface area contributed by atoms with Gasteiger partial charge in [0, 0.05) is 6.04 Å². The molecule has 0 aliphatic heterocycles. The zero-order valence-electron chi connectivity index (χ0n) is 6.64. The summed E-state index contributed by atoms with van der Waals surface area (Å²) >= 11 is 0. The number of hydrogen-bond acceptors (Lipinski definition) is 2. The lowest BCUT2D eigenvalue weighted by Crippen LogP contribution is -2.39. The molecule has 1 aliphatic carbocycles. The van der Waals surface area contributed by atoms with Gasteiger partial charge in [0.15, 0.2) is 0 Å². The number of carbonyl (C=O) groups excluding carboxylic acids is 1. The van der Waals surface area contributed by atoms with Crippen LogP contribution in [0.15, 0.2) is 0 Å². The van der Waals surface area contributed by atoms with Gasteiger partial charge in [0.25, 0.3) is 0 Å². The fourth-order valence-electron chi connectivity index (χ4n) is 0.926. The van der Waals surface area contributed by atoms with Crippen LogP contribution in [0.4, 0.5) is 4.79 Å². The Morgan fingerprint density at radius 2 is 2.36 bits per heavy atom. The Labute approximate surface area is 67.1 Å². The summed E-state index contributed by atoms with van der Waals surface area (Å²) in [5.74, 6) is 0. The highest BCUT2D eigenvalue weighted by Crippen LogP contribution is 2.17. The smallest absolute Gasteiger partial charge is 0.407 e. The molecule has 3 nitrogen and oxygen atoms in total. The number of rotatable bonds is 3. The van der Waals surface area contributed by atoms with E-state index in [2.05, 4.69) is 12.2 Å². The van der Waals surface area contributed by atoms with Crippen molar-refractivity contribution in [1.29, 1.82) is 0 Å². The summed E-state index contributed by atoms with van der Waals surface area (Å²) in [5.41, 5.74) is 0. The number of nitrogens with one attached hydrogen (secondary N) is 1. The molecule has 1 saturated carbocycles. The summed E-state index contributed by atoms with van der Waals surface area (Å²) in [4.78, 5) is 10.8. The van der Waals surface area contributed by atoms with Crippen molar-refractivity contribution in [3.63, 3.8) is 0 Å². The summed E-state index contributed by atoms with van der Waals surface area (Å²) in [5, 5.41) is 2.76. The normalized spacial score (nSPS) is 17.2. The van der Waals surface area contributed by atoms with Crippen LogP contribution >= 0.6 is 0 Å². The number of ether oxygens (including phenoxy) is 1. The first-order valence-corrected chi connectivity index (χ1v) is 4.05. The van der Waals surface area contributed by atoms with E-state index in [1.807, 2.05) is 0 Å². The fourth-order valence-corrected chi connectivity index (χ4v) is 0.926. The molecular formula is C8H14NO2. The molecule has 0 saturated heterocycles.